The lowest BCUT2D eigenvalue weighted by atomic mass is 9.97. The molecule has 1 heterocycles. The van der Waals surface area contributed by atoms with Crippen molar-refractivity contribution in [3.8, 4) is 0 Å². The Hall–Kier alpha value is -1.23. The summed E-state index contributed by atoms with van der Waals surface area (Å²) >= 11 is 3.54. The van der Waals surface area contributed by atoms with Gasteiger partial charge in [-0.1, -0.05) is 15.9 Å². The third-order valence-electron chi connectivity index (χ3n) is 4.24. The van der Waals surface area contributed by atoms with Crippen molar-refractivity contribution in [1.82, 2.24) is 4.90 Å². The standard InChI is InChI=1S/C19H29BrN2O2/c1-13-9-16(20)10-14(2)17(13)21-11-15-7-6-8-22(12-15)18(23)24-19(3,4)5/h9-10,15,21H,6-8,11-12H2,1-5H3. The molecule has 0 aromatic heterocycles. The molecule has 1 fully saturated rings. The quantitative estimate of drug-likeness (QED) is 0.769. The third-order valence-corrected chi connectivity index (χ3v) is 4.69. The van der Waals surface area contributed by atoms with Gasteiger partial charge in [-0.25, -0.2) is 4.79 Å². The van der Waals surface area contributed by atoms with Gasteiger partial charge in [0.25, 0.3) is 0 Å². The van der Waals surface area contributed by atoms with Gasteiger partial charge < -0.3 is 15.0 Å². The zero-order valence-corrected chi connectivity index (χ0v) is 17.0. The summed E-state index contributed by atoms with van der Waals surface area (Å²) in [5.41, 5.74) is 3.24. The average Bonchev–Trinajstić information content (AvgIpc) is 2.44. The second-order valence-corrected chi connectivity index (χ2v) is 8.65. The molecule has 24 heavy (non-hydrogen) atoms. The van der Waals surface area contributed by atoms with E-state index in [0.717, 1.165) is 36.9 Å². The number of carbonyl (C=O) groups is 1. The first-order valence-corrected chi connectivity index (χ1v) is 9.43. The predicted octanol–water partition coefficient (Wildman–Crippen LogP) is 5.12. The zero-order chi connectivity index (χ0) is 17.9. The fraction of sp³-hybridized carbons (Fsp3) is 0.632. The van der Waals surface area contributed by atoms with E-state index in [2.05, 4.69) is 47.2 Å². The normalized spacial score (nSPS) is 18.4. The molecule has 1 aliphatic rings. The summed E-state index contributed by atoms with van der Waals surface area (Å²) in [6.07, 6.45) is 1.98. The molecule has 0 saturated carbocycles. The Morgan fingerprint density at radius 2 is 1.96 bits per heavy atom. The number of nitrogens with one attached hydrogen (secondary N) is 1. The van der Waals surface area contributed by atoms with Crippen molar-refractivity contribution < 1.29 is 9.53 Å². The smallest absolute Gasteiger partial charge is 0.410 e. The number of ether oxygens (including phenoxy) is 1. The fourth-order valence-corrected chi connectivity index (χ4v) is 3.85. The van der Waals surface area contributed by atoms with E-state index in [0.29, 0.717) is 5.92 Å². The maximum Gasteiger partial charge on any atom is 0.410 e. The number of hydrogen-bond acceptors (Lipinski definition) is 3. The van der Waals surface area contributed by atoms with Gasteiger partial charge in [-0.2, -0.15) is 0 Å². The SMILES string of the molecule is Cc1cc(Br)cc(C)c1NCC1CCCN(C(=O)OC(C)(C)C)C1. The zero-order valence-electron chi connectivity index (χ0n) is 15.4. The predicted molar refractivity (Wildman–Crippen MR) is 103 cm³/mol. The van der Waals surface area contributed by atoms with Gasteiger partial charge in [0, 0.05) is 29.8 Å². The summed E-state index contributed by atoms with van der Waals surface area (Å²) in [6, 6.07) is 4.26. The number of hydrogen-bond donors (Lipinski definition) is 1. The second-order valence-electron chi connectivity index (χ2n) is 7.73. The average molecular weight is 397 g/mol. The van der Waals surface area contributed by atoms with Crippen LogP contribution in [0.25, 0.3) is 0 Å². The molecule has 1 amide bonds. The maximum absolute atomic E-state index is 12.3. The van der Waals surface area contributed by atoms with E-state index in [1.807, 2.05) is 25.7 Å². The van der Waals surface area contributed by atoms with Crippen molar-refractivity contribution in [3.63, 3.8) is 0 Å². The number of anilines is 1. The Labute approximate surface area is 154 Å². The number of likely N-dealkylation sites (tertiary alicyclic amines) is 1. The molecule has 1 aliphatic heterocycles. The number of aryl methyl sites for hydroxylation is 2. The van der Waals surface area contributed by atoms with Crippen molar-refractivity contribution >= 4 is 27.7 Å². The van der Waals surface area contributed by atoms with Crippen LogP contribution < -0.4 is 5.32 Å². The molecular weight excluding hydrogens is 368 g/mol. The molecule has 0 bridgehead atoms. The Bertz CT molecular complexity index is 573. The van der Waals surface area contributed by atoms with Gasteiger partial charge in [0.05, 0.1) is 0 Å². The third kappa shape index (κ3) is 5.40. The van der Waals surface area contributed by atoms with Crippen LogP contribution in [0, 0.1) is 19.8 Å². The van der Waals surface area contributed by atoms with Crippen LogP contribution in [0.1, 0.15) is 44.7 Å². The van der Waals surface area contributed by atoms with E-state index in [9.17, 15) is 4.79 Å². The van der Waals surface area contributed by atoms with Crippen molar-refractivity contribution in [2.45, 2.75) is 53.1 Å². The van der Waals surface area contributed by atoms with Crippen LogP contribution in [-0.4, -0.2) is 36.2 Å². The van der Waals surface area contributed by atoms with Crippen molar-refractivity contribution in [2.24, 2.45) is 5.92 Å². The largest absolute Gasteiger partial charge is 0.444 e. The van der Waals surface area contributed by atoms with E-state index in [1.54, 1.807) is 0 Å². The number of carbonyl (C=O) groups excluding carboxylic acids is 1. The minimum atomic E-state index is -0.437. The van der Waals surface area contributed by atoms with Gasteiger partial charge >= 0.3 is 6.09 Å². The highest BCUT2D eigenvalue weighted by Crippen LogP contribution is 2.26. The van der Waals surface area contributed by atoms with E-state index in [-0.39, 0.29) is 6.09 Å². The molecule has 1 unspecified atom stereocenters. The van der Waals surface area contributed by atoms with E-state index < -0.39 is 5.60 Å². The molecule has 5 heteroatoms. The summed E-state index contributed by atoms with van der Waals surface area (Å²) in [4.78, 5) is 14.1. The summed E-state index contributed by atoms with van der Waals surface area (Å²) in [5.74, 6) is 0.453. The first-order chi connectivity index (χ1) is 11.2. The Kier molecular flexibility index (Phi) is 6.18. The van der Waals surface area contributed by atoms with Crippen LogP contribution in [0.5, 0.6) is 0 Å². The van der Waals surface area contributed by atoms with Crippen LogP contribution in [0.4, 0.5) is 10.5 Å². The lowest BCUT2D eigenvalue weighted by Gasteiger charge is -2.34. The molecule has 1 N–H and O–H groups in total. The highest BCUT2D eigenvalue weighted by molar-refractivity contribution is 9.10. The van der Waals surface area contributed by atoms with Gasteiger partial charge in [-0.15, -0.1) is 0 Å². The first kappa shape index (κ1) is 19.1. The fourth-order valence-electron chi connectivity index (χ4n) is 3.16. The van der Waals surface area contributed by atoms with E-state index >= 15 is 0 Å². The number of benzene rings is 1. The van der Waals surface area contributed by atoms with Gasteiger partial charge in [-0.3, -0.25) is 0 Å². The summed E-state index contributed by atoms with van der Waals surface area (Å²) in [5, 5.41) is 3.59. The number of rotatable bonds is 3. The van der Waals surface area contributed by atoms with Gasteiger partial charge in [0.15, 0.2) is 0 Å². The highest BCUT2D eigenvalue weighted by Gasteiger charge is 2.27. The molecule has 1 aromatic carbocycles. The Morgan fingerprint density at radius 1 is 1.33 bits per heavy atom. The number of halogens is 1. The molecule has 0 aliphatic carbocycles. The molecule has 2 rings (SSSR count). The molecule has 0 radical (unpaired) electrons. The summed E-state index contributed by atoms with van der Waals surface area (Å²) in [7, 11) is 0. The van der Waals surface area contributed by atoms with Gasteiger partial charge in [0.1, 0.15) is 5.60 Å². The second kappa shape index (κ2) is 7.77. The van der Waals surface area contributed by atoms with Crippen molar-refractivity contribution in [2.75, 3.05) is 25.0 Å². The molecular formula is C19H29BrN2O2. The Morgan fingerprint density at radius 3 is 2.54 bits per heavy atom. The van der Waals surface area contributed by atoms with Crippen LogP contribution >= 0.6 is 15.9 Å². The molecule has 4 nitrogen and oxygen atoms in total. The topological polar surface area (TPSA) is 41.6 Å². The van der Waals surface area contributed by atoms with Crippen LogP contribution in [0.2, 0.25) is 0 Å². The number of nitrogens with zero attached hydrogens (tertiary/aromatic N) is 1. The van der Waals surface area contributed by atoms with Gasteiger partial charge in [0.2, 0.25) is 0 Å². The molecule has 0 spiro atoms. The molecule has 134 valence electrons. The van der Waals surface area contributed by atoms with Gasteiger partial charge in [-0.05, 0) is 76.6 Å². The highest BCUT2D eigenvalue weighted by atomic mass is 79.9. The molecule has 1 saturated heterocycles. The number of amides is 1. The molecule has 1 aromatic rings. The first-order valence-electron chi connectivity index (χ1n) is 8.64. The van der Waals surface area contributed by atoms with Crippen LogP contribution in [0.3, 0.4) is 0 Å². The summed E-state index contributed by atoms with van der Waals surface area (Å²) < 4.78 is 6.61. The van der Waals surface area contributed by atoms with E-state index in [4.69, 9.17) is 4.74 Å². The lowest BCUT2D eigenvalue weighted by molar-refractivity contribution is 0.0172. The monoisotopic (exact) mass is 396 g/mol. The molecule has 1 atom stereocenters. The minimum absolute atomic E-state index is 0.191. The van der Waals surface area contributed by atoms with Crippen LogP contribution in [-0.2, 0) is 4.74 Å². The Balaban J connectivity index is 1.93. The van der Waals surface area contributed by atoms with E-state index in [1.165, 1.54) is 16.8 Å². The van der Waals surface area contributed by atoms with Crippen LogP contribution in [0.15, 0.2) is 16.6 Å². The summed E-state index contributed by atoms with van der Waals surface area (Å²) in [6.45, 7) is 12.4. The number of piperidine rings is 1. The minimum Gasteiger partial charge on any atom is -0.444 e. The lowest BCUT2D eigenvalue weighted by Crippen LogP contribution is -2.44. The van der Waals surface area contributed by atoms with Crippen molar-refractivity contribution in [1.29, 1.82) is 0 Å². The van der Waals surface area contributed by atoms with Crippen molar-refractivity contribution in [3.05, 3.63) is 27.7 Å². The maximum atomic E-state index is 12.3.